The summed E-state index contributed by atoms with van der Waals surface area (Å²) in [6.07, 6.45) is 4.37. The molecule has 0 spiro atoms. The van der Waals surface area contributed by atoms with Crippen molar-refractivity contribution in [2.24, 2.45) is 0 Å². The number of fused-ring (bicyclic) bond motifs is 1. The van der Waals surface area contributed by atoms with E-state index in [1.54, 1.807) is 0 Å². The van der Waals surface area contributed by atoms with Crippen molar-refractivity contribution in [1.29, 1.82) is 0 Å². The molecule has 4 nitrogen and oxygen atoms in total. The maximum Gasteiger partial charge on any atom is 0.220 e. The van der Waals surface area contributed by atoms with Gasteiger partial charge in [0.1, 0.15) is 5.65 Å². The van der Waals surface area contributed by atoms with Crippen molar-refractivity contribution >= 4 is 11.6 Å². The molecular weight excluding hydrogens is 190 g/mol. The summed E-state index contributed by atoms with van der Waals surface area (Å²) in [5.41, 5.74) is 1.78. The number of carbonyl (C=O) groups excluding carboxylic acids is 1. The lowest BCUT2D eigenvalue weighted by Crippen LogP contribution is -2.21. The molecule has 2 rings (SSSR count). The monoisotopic (exact) mass is 203 g/mol. The summed E-state index contributed by atoms with van der Waals surface area (Å²) >= 11 is 0. The standard InChI is InChI=1S/C11H13N3O/c1-2-11(15)12-7-9-8-14-6-4-3-5-10(14)13-9/h3-6,8H,2,7H2,1H3,(H,12,15). The van der Waals surface area contributed by atoms with Crippen LogP contribution in [0.3, 0.4) is 0 Å². The Morgan fingerprint density at radius 2 is 2.40 bits per heavy atom. The van der Waals surface area contributed by atoms with Crippen molar-refractivity contribution in [1.82, 2.24) is 14.7 Å². The van der Waals surface area contributed by atoms with Crippen LogP contribution < -0.4 is 5.32 Å². The summed E-state index contributed by atoms with van der Waals surface area (Å²) in [5, 5.41) is 2.79. The van der Waals surface area contributed by atoms with Crippen LogP contribution >= 0.6 is 0 Å². The molecular formula is C11H13N3O. The number of rotatable bonds is 3. The number of hydrogen-bond donors (Lipinski definition) is 1. The maximum absolute atomic E-state index is 11.1. The second kappa shape index (κ2) is 4.13. The lowest BCUT2D eigenvalue weighted by Gasteiger charge is -1.98. The smallest absolute Gasteiger partial charge is 0.220 e. The Hall–Kier alpha value is -1.84. The number of pyridine rings is 1. The van der Waals surface area contributed by atoms with Crippen LogP contribution in [-0.4, -0.2) is 15.3 Å². The number of amides is 1. The predicted molar refractivity (Wildman–Crippen MR) is 57.3 cm³/mol. The van der Waals surface area contributed by atoms with E-state index < -0.39 is 0 Å². The van der Waals surface area contributed by atoms with E-state index in [0.717, 1.165) is 11.3 Å². The molecule has 0 saturated heterocycles. The molecule has 0 unspecified atom stereocenters. The lowest BCUT2D eigenvalue weighted by atomic mass is 10.4. The summed E-state index contributed by atoms with van der Waals surface area (Å²) in [6.45, 7) is 2.33. The highest BCUT2D eigenvalue weighted by Crippen LogP contribution is 2.03. The Morgan fingerprint density at radius 3 is 3.13 bits per heavy atom. The molecule has 15 heavy (non-hydrogen) atoms. The van der Waals surface area contributed by atoms with Gasteiger partial charge >= 0.3 is 0 Å². The molecule has 2 heterocycles. The highest BCUT2D eigenvalue weighted by atomic mass is 16.1. The van der Waals surface area contributed by atoms with Crippen molar-refractivity contribution in [3.63, 3.8) is 0 Å². The van der Waals surface area contributed by atoms with E-state index in [2.05, 4.69) is 10.3 Å². The predicted octanol–water partition coefficient (Wildman–Crippen LogP) is 1.36. The minimum atomic E-state index is 0.0482. The van der Waals surface area contributed by atoms with Crippen LogP contribution in [0.5, 0.6) is 0 Å². The minimum absolute atomic E-state index is 0.0482. The first-order valence-corrected chi connectivity index (χ1v) is 4.99. The fraction of sp³-hybridized carbons (Fsp3) is 0.273. The molecule has 1 N–H and O–H groups in total. The van der Waals surface area contributed by atoms with Gasteiger partial charge in [0.05, 0.1) is 12.2 Å². The van der Waals surface area contributed by atoms with Crippen LogP contribution in [0, 0.1) is 0 Å². The maximum atomic E-state index is 11.1. The van der Waals surface area contributed by atoms with E-state index in [9.17, 15) is 4.79 Å². The first-order valence-electron chi connectivity index (χ1n) is 4.99. The van der Waals surface area contributed by atoms with Gasteiger partial charge < -0.3 is 9.72 Å². The Morgan fingerprint density at radius 1 is 1.53 bits per heavy atom. The first kappa shape index (κ1) is 9.71. The lowest BCUT2D eigenvalue weighted by molar-refractivity contribution is -0.120. The van der Waals surface area contributed by atoms with Gasteiger partial charge in [-0.15, -0.1) is 0 Å². The highest BCUT2D eigenvalue weighted by molar-refractivity contribution is 5.75. The molecule has 1 amide bonds. The van der Waals surface area contributed by atoms with Crippen LogP contribution in [-0.2, 0) is 11.3 Å². The number of carbonyl (C=O) groups is 1. The van der Waals surface area contributed by atoms with Crippen LogP contribution in [0.4, 0.5) is 0 Å². The van der Waals surface area contributed by atoms with Crippen molar-refractivity contribution in [2.45, 2.75) is 19.9 Å². The topological polar surface area (TPSA) is 46.4 Å². The molecule has 2 aromatic rings. The quantitative estimate of drug-likeness (QED) is 0.818. The summed E-state index contributed by atoms with van der Waals surface area (Å²) in [7, 11) is 0. The van der Waals surface area contributed by atoms with Gasteiger partial charge in [-0.3, -0.25) is 4.79 Å². The third-order valence-corrected chi connectivity index (χ3v) is 2.20. The third kappa shape index (κ3) is 2.15. The van der Waals surface area contributed by atoms with Crippen molar-refractivity contribution in [3.8, 4) is 0 Å². The minimum Gasteiger partial charge on any atom is -0.350 e. The van der Waals surface area contributed by atoms with Crippen molar-refractivity contribution < 1.29 is 4.79 Å². The zero-order valence-corrected chi connectivity index (χ0v) is 8.60. The largest absolute Gasteiger partial charge is 0.350 e. The van der Waals surface area contributed by atoms with Crippen LogP contribution in [0.15, 0.2) is 30.6 Å². The molecule has 0 aliphatic rings. The normalized spacial score (nSPS) is 10.5. The number of hydrogen-bond acceptors (Lipinski definition) is 2. The molecule has 0 fully saturated rings. The molecule has 2 aromatic heterocycles. The molecule has 0 radical (unpaired) electrons. The van der Waals surface area contributed by atoms with Crippen molar-refractivity contribution in [2.75, 3.05) is 0 Å². The van der Waals surface area contributed by atoms with E-state index >= 15 is 0 Å². The van der Waals surface area contributed by atoms with Crippen LogP contribution in [0.1, 0.15) is 19.0 Å². The summed E-state index contributed by atoms with van der Waals surface area (Å²) in [4.78, 5) is 15.4. The molecule has 4 heteroatoms. The summed E-state index contributed by atoms with van der Waals surface area (Å²) in [5.74, 6) is 0.0482. The second-order valence-electron chi connectivity index (χ2n) is 3.33. The Balaban J connectivity index is 2.12. The van der Waals surface area contributed by atoms with E-state index in [4.69, 9.17) is 0 Å². The molecule has 0 bridgehead atoms. The zero-order valence-electron chi connectivity index (χ0n) is 8.60. The molecule has 0 aromatic carbocycles. The third-order valence-electron chi connectivity index (χ3n) is 2.20. The SMILES string of the molecule is CCC(=O)NCc1cn2ccccc2n1. The Kier molecular flexibility index (Phi) is 2.67. The second-order valence-corrected chi connectivity index (χ2v) is 3.33. The Labute approximate surface area is 87.9 Å². The number of nitrogens with one attached hydrogen (secondary N) is 1. The van der Waals surface area contributed by atoms with Gasteiger partial charge in [0.15, 0.2) is 0 Å². The highest BCUT2D eigenvalue weighted by Gasteiger charge is 2.01. The van der Waals surface area contributed by atoms with Gasteiger partial charge in [-0.2, -0.15) is 0 Å². The van der Waals surface area contributed by atoms with E-state index in [0.29, 0.717) is 13.0 Å². The number of nitrogens with zero attached hydrogens (tertiary/aromatic N) is 2. The number of imidazole rings is 1. The van der Waals surface area contributed by atoms with Crippen LogP contribution in [0.2, 0.25) is 0 Å². The van der Waals surface area contributed by atoms with E-state index in [-0.39, 0.29) is 5.91 Å². The van der Waals surface area contributed by atoms with Crippen LogP contribution in [0.25, 0.3) is 5.65 Å². The van der Waals surface area contributed by atoms with E-state index in [1.165, 1.54) is 0 Å². The summed E-state index contributed by atoms with van der Waals surface area (Å²) < 4.78 is 1.94. The molecule has 0 saturated carbocycles. The van der Waals surface area contributed by atoms with Gasteiger partial charge in [-0.25, -0.2) is 4.98 Å². The average Bonchev–Trinajstić information content (AvgIpc) is 2.68. The zero-order chi connectivity index (χ0) is 10.7. The van der Waals surface area contributed by atoms with Crippen molar-refractivity contribution in [3.05, 3.63) is 36.3 Å². The number of aromatic nitrogens is 2. The fourth-order valence-electron chi connectivity index (χ4n) is 1.39. The fourth-order valence-corrected chi connectivity index (χ4v) is 1.39. The molecule has 0 atom stereocenters. The van der Waals surface area contributed by atoms with Gasteiger partial charge in [0.25, 0.3) is 0 Å². The molecule has 0 aliphatic carbocycles. The first-order chi connectivity index (χ1) is 7.29. The summed E-state index contributed by atoms with van der Waals surface area (Å²) in [6, 6.07) is 5.82. The Bertz CT molecular complexity index is 442. The van der Waals surface area contributed by atoms with Gasteiger partial charge in [0, 0.05) is 18.8 Å². The van der Waals surface area contributed by atoms with Gasteiger partial charge in [-0.05, 0) is 12.1 Å². The average molecular weight is 203 g/mol. The van der Waals surface area contributed by atoms with E-state index in [1.807, 2.05) is 41.9 Å². The van der Waals surface area contributed by atoms with Gasteiger partial charge in [-0.1, -0.05) is 13.0 Å². The molecule has 0 aliphatic heterocycles. The van der Waals surface area contributed by atoms with Gasteiger partial charge in [0.2, 0.25) is 5.91 Å². The molecule has 78 valence electrons.